The topological polar surface area (TPSA) is 38.0 Å². The third-order valence-corrected chi connectivity index (χ3v) is 5.29. The quantitative estimate of drug-likeness (QED) is 0.613. The Morgan fingerprint density at radius 1 is 1.47 bits per heavy atom. The molecule has 1 fully saturated rings. The summed E-state index contributed by atoms with van der Waals surface area (Å²) in [6.07, 6.45) is 7.33. The lowest BCUT2D eigenvalue weighted by molar-refractivity contribution is 0.145. The molecule has 0 unspecified atom stereocenters. The van der Waals surface area contributed by atoms with Crippen LogP contribution in [0, 0.1) is 5.41 Å². The average molecular weight is 294 g/mol. The monoisotopic (exact) mass is 294 g/mol. The van der Waals surface area contributed by atoms with Crippen molar-refractivity contribution in [3.05, 3.63) is 23.8 Å². The summed E-state index contributed by atoms with van der Waals surface area (Å²) in [7, 11) is 0. The van der Waals surface area contributed by atoms with Crippen molar-refractivity contribution in [1.29, 1.82) is 0 Å². The lowest BCUT2D eigenvalue weighted by atomic mass is 9.67. The third kappa shape index (κ3) is 3.06. The van der Waals surface area contributed by atoms with Gasteiger partial charge in [0.05, 0.1) is 0 Å². The predicted molar refractivity (Wildman–Crippen MR) is 89.2 cm³/mol. The number of nitrogens with one attached hydrogen (secondary N) is 1. The van der Waals surface area contributed by atoms with Gasteiger partial charge in [0.2, 0.25) is 0 Å². The van der Waals surface area contributed by atoms with Crippen LogP contribution in [0.3, 0.4) is 0 Å². The summed E-state index contributed by atoms with van der Waals surface area (Å²) in [5, 5.41) is 3.58. The van der Waals surface area contributed by atoms with Gasteiger partial charge in [-0.05, 0) is 43.1 Å². The van der Waals surface area contributed by atoms with E-state index in [4.69, 9.17) is 18.0 Å². The van der Waals surface area contributed by atoms with Gasteiger partial charge in [-0.25, -0.2) is 0 Å². The van der Waals surface area contributed by atoms with Gasteiger partial charge in [-0.3, -0.25) is 0 Å². The van der Waals surface area contributed by atoms with Gasteiger partial charge >= 0.3 is 0 Å². The second-order valence-corrected chi connectivity index (χ2v) is 6.60. The summed E-state index contributed by atoms with van der Waals surface area (Å²) >= 11 is 6.90. The molecule has 0 saturated heterocycles. The highest BCUT2D eigenvalue weighted by molar-refractivity contribution is 7.98. The van der Waals surface area contributed by atoms with Crippen LogP contribution >= 0.6 is 24.0 Å². The molecule has 0 aliphatic heterocycles. The maximum absolute atomic E-state index is 5.89. The van der Waals surface area contributed by atoms with Crippen LogP contribution < -0.4 is 11.1 Å². The van der Waals surface area contributed by atoms with Gasteiger partial charge in [0.1, 0.15) is 4.99 Å². The molecule has 2 nitrogen and oxygen atoms in total. The van der Waals surface area contributed by atoms with E-state index in [0.717, 1.165) is 22.7 Å². The Bertz CT molecular complexity index is 462. The molecule has 0 aromatic heterocycles. The van der Waals surface area contributed by atoms with Gasteiger partial charge in [0, 0.05) is 22.7 Å². The zero-order valence-corrected chi connectivity index (χ0v) is 13.3. The first-order valence-corrected chi connectivity index (χ1v) is 8.46. The lowest BCUT2D eigenvalue weighted by Gasteiger charge is -2.41. The smallest absolute Gasteiger partial charge is 0.107 e. The standard InChI is InChI=1S/C15H22N2S2/c1-3-15(8-5-9-15)10-17-11-6-4-7-12(19-2)13(11)14(16)18/h4,6-7,17H,3,5,8-10H2,1-2H3,(H2,16,18). The van der Waals surface area contributed by atoms with Crippen LogP contribution in [0.4, 0.5) is 5.69 Å². The fourth-order valence-electron chi connectivity index (χ4n) is 2.72. The van der Waals surface area contributed by atoms with Crippen molar-refractivity contribution >= 4 is 34.7 Å². The number of hydrogen-bond donors (Lipinski definition) is 2. The average Bonchev–Trinajstić information content (AvgIpc) is 2.37. The molecule has 0 heterocycles. The molecule has 3 N–H and O–H groups in total. The number of benzene rings is 1. The van der Waals surface area contributed by atoms with Crippen LogP contribution in [-0.4, -0.2) is 17.8 Å². The van der Waals surface area contributed by atoms with Crippen LogP contribution in [-0.2, 0) is 0 Å². The largest absolute Gasteiger partial charge is 0.389 e. The summed E-state index contributed by atoms with van der Waals surface area (Å²) in [4.78, 5) is 1.63. The van der Waals surface area contributed by atoms with E-state index < -0.39 is 0 Å². The highest BCUT2D eigenvalue weighted by Crippen LogP contribution is 2.44. The normalized spacial score (nSPS) is 16.7. The number of thiocarbonyl (C=S) groups is 1. The Morgan fingerprint density at radius 3 is 2.68 bits per heavy atom. The molecule has 1 aromatic carbocycles. The molecule has 1 aromatic rings. The highest BCUT2D eigenvalue weighted by atomic mass is 32.2. The molecule has 1 aliphatic rings. The van der Waals surface area contributed by atoms with Crippen LogP contribution in [0.1, 0.15) is 38.2 Å². The highest BCUT2D eigenvalue weighted by Gasteiger charge is 2.34. The molecule has 0 radical (unpaired) electrons. The second kappa shape index (κ2) is 6.14. The zero-order chi connectivity index (χ0) is 13.9. The van der Waals surface area contributed by atoms with E-state index >= 15 is 0 Å². The van der Waals surface area contributed by atoms with E-state index in [9.17, 15) is 0 Å². The molecule has 19 heavy (non-hydrogen) atoms. The molecule has 0 bridgehead atoms. The summed E-state index contributed by atoms with van der Waals surface area (Å²) in [6, 6.07) is 6.22. The van der Waals surface area contributed by atoms with Crippen LogP contribution in [0.25, 0.3) is 0 Å². The second-order valence-electron chi connectivity index (χ2n) is 5.31. The van der Waals surface area contributed by atoms with Crippen molar-refractivity contribution in [2.45, 2.75) is 37.5 Å². The van der Waals surface area contributed by atoms with Crippen LogP contribution in [0.2, 0.25) is 0 Å². The Balaban J connectivity index is 2.18. The van der Waals surface area contributed by atoms with Crippen molar-refractivity contribution in [1.82, 2.24) is 0 Å². The Morgan fingerprint density at radius 2 is 2.21 bits per heavy atom. The SMILES string of the molecule is CCC1(CNc2cccc(SC)c2C(N)=S)CCC1. The summed E-state index contributed by atoms with van der Waals surface area (Å²) in [5.74, 6) is 0. The maximum Gasteiger partial charge on any atom is 0.107 e. The van der Waals surface area contributed by atoms with Crippen molar-refractivity contribution < 1.29 is 0 Å². The molecule has 104 valence electrons. The fraction of sp³-hybridized carbons (Fsp3) is 0.533. The van der Waals surface area contributed by atoms with Gasteiger partial charge < -0.3 is 11.1 Å². The maximum atomic E-state index is 5.89. The van der Waals surface area contributed by atoms with E-state index in [1.807, 2.05) is 0 Å². The molecule has 0 spiro atoms. The van der Waals surface area contributed by atoms with Gasteiger partial charge in [-0.2, -0.15) is 0 Å². The van der Waals surface area contributed by atoms with E-state index in [0.29, 0.717) is 10.4 Å². The number of thioether (sulfide) groups is 1. The third-order valence-electron chi connectivity index (χ3n) is 4.31. The molecule has 0 atom stereocenters. The van der Waals surface area contributed by atoms with E-state index in [1.165, 1.54) is 25.7 Å². The van der Waals surface area contributed by atoms with Gasteiger partial charge in [0.25, 0.3) is 0 Å². The van der Waals surface area contributed by atoms with Gasteiger partial charge in [-0.1, -0.05) is 31.6 Å². The molecule has 1 aliphatic carbocycles. The van der Waals surface area contributed by atoms with Crippen molar-refractivity contribution in [2.75, 3.05) is 18.1 Å². The summed E-state index contributed by atoms with van der Waals surface area (Å²) in [5.41, 5.74) is 8.45. The van der Waals surface area contributed by atoms with Crippen LogP contribution in [0.5, 0.6) is 0 Å². The fourth-order valence-corrected chi connectivity index (χ4v) is 3.64. The number of rotatable bonds is 6. The molecule has 1 saturated carbocycles. The Labute approximate surface area is 125 Å². The van der Waals surface area contributed by atoms with E-state index in [2.05, 4.69) is 36.7 Å². The Kier molecular flexibility index (Phi) is 4.74. The summed E-state index contributed by atoms with van der Waals surface area (Å²) in [6.45, 7) is 3.31. The minimum Gasteiger partial charge on any atom is -0.389 e. The van der Waals surface area contributed by atoms with Crippen molar-refractivity contribution in [3.63, 3.8) is 0 Å². The number of nitrogens with two attached hydrogens (primary N) is 1. The zero-order valence-electron chi connectivity index (χ0n) is 11.7. The van der Waals surface area contributed by atoms with Crippen LogP contribution in [0.15, 0.2) is 23.1 Å². The first-order chi connectivity index (χ1) is 9.12. The molecule has 4 heteroatoms. The molecule has 2 rings (SSSR count). The summed E-state index contributed by atoms with van der Waals surface area (Å²) < 4.78 is 0. The van der Waals surface area contributed by atoms with Gasteiger partial charge in [-0.15, -0.1) is 11.8 Å². The number of hydrogen-bond acceptors (Lipinski definition) is 3. The first-order valence-electron chi connectivity index (χ1n) is 6.82. The molecular formula is C15H22N2S2. The number of anilines is 1. The van der Waals surface area contributed by atoms with Crippen molar-refractivity contribution in [3.8, 4) is 0 Å². The minimum atomic E-state index is 0.478. The van der Waals surface area contributed by atoms with Gasteiger partial charge in [0.15, 0.2) is 0 Å². The Hall–Kier alpha value is -0.740. The molecular weight excluding hydrogens is 272 g/mol. The first kappa shape index (κ1) is 14.7. The lowest BCUT2D eigenvalue weighted by Crippen LogP contribution is -2.36. The van der Waals surface area contributed by atoms with Crippen molar-refractivity contribution in [2.24, 2.45) is 11.1 Å². The minimum absolute atomic E-state index is 0.478. The van der Waals surface area contributed by atoms with E-state index in [-0.39, 0.29) is 0 Å². The molecule has 0 amide bonds. The van der Waals surface area contributed by atoms with E-state index in [1.54, 1.807) is 11.8 Å². The predicted octanol–water partition coefficient (Wildman–Crippen LogP) is 4.03.